The summed E-state index contributed by atoms with van der Waals surface area (Å²) in [5, 5.41) is 0. The van der Waals surface area contributed by atoms with Gasteiger partial charge in [-0.05, 0) is 18.8 Å². The van der Waals surface area contributed by atoms with Crippen LogP contribution < -0.4 is 0 Å². The van der Waals surface area contributed by atoms with Crippen molar-refractivity contribution in [1.29, 1.82) is 0 Å². The minimum absolute atomic E-state index is 0.0265. The van der Waals surface area contributed by atoms with Gasteiger partial charge in [0.2, 0.25) is 0 Å². The zero-order valence-electron chi connectivity index (χ0n) is 26.1. The maximum atomic E-state index is 11.9. The number of carbonyl (C=O) groups is 1. The van der Waals surface area contributed by atoms with Gasteiger partial charge in [0.25, 0.3) is 0 Å². The summed E-state index contributed by atoms with van der Waals surface area (Å²) in [4.78, 5) is 11.9. The fraction of sp³-hybridized carbons (Fsp3) is 0.971. The van der Waals surface area contributed by atoms with Gasteiger partial charge in [0.1, 0.15) is 0 Å². The molecule has 1 atom stereocenters. The molecule has 0 N–H and O–H groups in total. The third-order valence-electron chi connectivity index (χ3n) is 8.29. The Balaban J connectivity index is 3.16. The molecule has 37 heavy (non-hydrogen) atoms. The summed E-state index contributed by atoms with van der Waals surface area (Å²) >= 11 is 0. The Labute approximate surface area is 234 Å². The van der Waals surface area contributed by atoms with E-state index in [1.54, 1.807) is 0 Å². The van der Waals surface area contributed by atoms with Crippen LogP contribution in [0.3, 0.4) is 0 Å². The van der Waals surface area contributed by atoms with Crippen molar-refractivity contribution in [3.63, 3.8) is 0 Å². The summed E-state index contributed by atoms with van der Waals surface area (Å²) in [5.41, 5.74) is 0. The molecule has 0 aromatic heterocycles. The Bertz CT molecular complexity index is 433. The second-order valence-corrected chi connectivity index (χ2v) is 12.1. The molecule has 0 rings (SSSR count). The number of unbranched alkanes of at least 4 members (excludes halogenated alkanes) is 24. The van der Waals surface area contributed by atoms with Gasteiger partial charge >= 0.3 is 5.97 Å². The van der Waals surface area contributed by atoms with E-state index < -0.39 is 0 Å². The molecule has 0 aliphatic heterocycles. The first-order valence-electron chi connectivity index (χ1n) is 17.4. The molecule has 2 nitrogen and oxygen atoms in total. The lowest BCUT2D eigenvalue weighted by Gasteiger charge is -2.07. The van der Waals surface area contributed by atoms with Crippen molar-refractivity contribution >= 4 is 5.97 Å². The van der Waals surface area contributed by atoms with E-state index in [0.717, 1.165) is 18.8 Å². The highest BCUT2D eigenvalue weighted by Crippen LogP contribution is 2.16. The van der Waals surface area contributed by atoms with E-state index in [0.29, 0.717) is 13.0 Å². The van der Waals surface area contributed by atoms with Gasteiger partial charge in [-0.3, -0.25) is 4.79 Å². The summed E-state index contributed by atoms with van der Waals surface area (Å²) in [6.07, 6.45) is 38.6. The summed E-state index contributed by atoms with van der Waals surface area (Å²) in [6.45, 7) is 7.61. The van der Waals surface area contributed by atoms with Crippen molar-refractivity contribution in [3.8, 4) is 0 Å². The van der Waals surface area contributed by atoms with Gasteiger partial charge in [-0.1, -0.05) is 188 Å². The molecular formula is C35H70O2. The number of ether oxygens (including phenoxy) is 1. The lowest BCUT2D eigenvalue weighted by atomic mass is 9.99. The average molecular weight is 523 g/mol. The molecule has 222 valence electrons. The first-order chi connectivity index (χ1) is 18.2. The third-order valence-corrected chi connectivity index (χ3v) is 8.29. The topological polar surface area (TPSA) is 26.3 Å². The predicted octanol–water partition coefficient (Wildman–Crippen LogP) is 12.5. The van der Waals surface area contributed by atoms with Gasteiger partial charge in [0.15, 0.2) is 0 Å². The van der Waals surface area contributed by atoms with Gasteiger partial charge in [-0.25, -0.2) is 0 Å². The fourth-order valence-corrected chi connectivity index (χ4v) is 5.29. The van der Waals surface area contributed by atoms with E-state index in [1.807, 2.05) is 0 Å². The Morgan fingerprint density at radius 2 is 0.838 bits per heavy atom. The minimum atomic E-state index is 0.0265. The van der Waals surface area contributed by atoms with Gasteiger partial charge in [0.05, 0.1) is 6.61 Å². The molecule has 0 saturated carbocycles. The standard InChI is InChI=1S/C35H70O2/c1-4-6-7-8-9-10-11-13-17-20-23-26-29-32-35(36)37-33-30-27-24-21-18-15-12-14-16-19-22-25-28-31-34(3)5-2/h34H,4-33H2,1-3H3. The summed E-state index contributed by atoms with van der Waals surface area (Å²) in [6, 6.07) is 0. The molecule has 0 radical (unpaired) electrons. The highest BCUT2D eigenvalue weighted by Gasteiger charge is 2.03. The molecular weight excluding hydrogens is 452 g/mol. The van der Waals surface area contributed by atoms with Crippen LogP contribution >= 0.6 is 0 Å². The van der Waals surface area contributed by atoms with Gasteiger partial charge in [-0.2, -0.15) is 0 Å². The molecule has 0 bridgehead atoms. The molecule has 0 saturated heterocycles. The molecule has 0 aromatic carbocycles. The molecule has 0 aliphatic rings. The molecule has 0 spiro atoms. The number of rotatable bonds is 31. The molecule has 1 unspecified atom stereocenters. The summed E-state index contributed by atoms with van der Waals surface area (Å²) in [7, 11) is 0. The molecule has 0 aromatic rings. The lowest BCUT2D eigenvalue weighted by Crippen LogP contribution is -2.05. The normalized spacial score (nSPS) is 12.2. The van der Waals surface area contributed by atoms with E-state index in [-0.39, 0.29) is 5.97 Å². The van der Waals surface area contributed by atoms with Gasteiger partial charge < -0.3 is 4.74 Å². The first kappa shape index (κ1) is 36.5. The van der Waals surface area contributed by atoms with Crippen LogP contribution in [0.1, 0.15) is 207 Å². The van der Waals surface area contributed by atoms with Gasteiger partial charge in [-0.15, -0.1) is 0 Å². The van der Waals surface area contributed by atoms with Crippen molar-refractivity contribution in [2.24, 2.45) is 5.92 Å². The number of hydrogen-bond acceptors (Lipinski definition) is 2. The van der Waals surface area contributed by atoms with Crippen molar-refractivity contribution in [2.45, 2.75) is 207 Å². The molecule has 0 aliphatic carbocycles. The van der Waals surface area contributed by atoms with Crippen LogP contribution in [0.2, 0.25) is 0 Å². The van der Waals surface area contributed by atoms with E-state index in [2.05, 4.69) is 20.8 Å². The second kappa shape index (κ2) is 31.7. The Kier molecular flexibility index (Phi) is 31.2. The van der Waals surface area contributed by atoms with E-state index in [1.165, 1.54) is 167 Å². The van der Waals surface area contributed by atoms with Crippen molar-refractivity contribution < 1.29 is 9.53 Å². The van der Waals surface area contributed by atoms with Crippen LogP contribution in [0.15, 0.2) is 0 Å². The second-order valence-electron chi connectivity index (χ2n) is 12.1. The van der Waals surface area contributed by atoms with Gasteiger partial charge in [0, 0.05) is 6.42 Å². The number of carbonyl (C=O) groups excluding carboxylic acids is 1. The van der Waals surface area contributed by atoms with Crippen molar-refractivity contribution in [3.05, 3.63) is 0 Å². The summed E-state index contributed by atoms with van der Waals surface area (Å²) < 4.78 is 5.43. The molecule has 0 fully saturated rings. The highest BCUT2D eigenvalue weighted by atomic mass is 16.5. The van der Waals surface area contributed by atoms with Crippen LogP contribution in [0.5, 0.6) is 0 Å². The number of esters is 1. The molecule has 2 heteroatoms. The molecule has 0 amide bonds. The van der Waals surface area contributed by atoms with Crippen LogP contribution in [0, 0.1) is 5.92 Å². The molecule has 0 heterocycles. The van der Waals surface area contributed by atoms with E-state index >= 15 is 0 Å². The fourth-order valence-electron chi connectivity index (χ4n) is 5.29. The van der Waals surface area contributed by atoms with E-state index in [4.69, 9.17) is 4.74 Å². The Morgan fingerprint density at radius 3 is 1.24 bits per heavy atom. The third kappa shape index (κ3) is 31.6. The monoisotopic (exact) mass is 523 g/mol. The SMILES string of the molecule is CCCCCCCCCCCCCCCC(=O)OCCCCCCCCCCCCCCCC(C)CC. The van der Waals surface area contributed by atoms with Crippen molar-refractivity contribution in [1.82, 2.24) is 0 Å². The zero-order chi connectivity index (χ0) is 27.1. The van der Waals surface area contributed by atoms with E-state index in [9.17, 15) is 4.79 Å². The first-order valence-corrected chi connectivity index (χ1v) is 17.4. The van der Waals surface area contributed by atoms with Crippen LogP contribution in [0.4, 0.5) is 0 Å². The Hall–Kier alpha value is -0.530. The summed E-state index contributed by atoms with van der Waals surface area (Å²) in [5.74, 6) is 0.951. The van der Waals surface area contributed by atoms with Crippen LogP contribution in [-0.2, 0) is 9.53 Å². The minimum Gasteiger partial charge on any atom is -0.466 e. The average Bonchev–Trinajstić information content (AvgIpc) is 2.90. The highest BCUT2D eigenvalue weighted by molar-refractivity contribution is 5.69. The zero-order valence-corrected chi connectivity index (χ0v) is 26.1. The lowest BCUT2D eigenvalue weighted by molar-refractivity contribution is -0.143. The number of hydrogen-bond donors (Lipinski definition) is 0. The predicted molar refractivity (Wildman–Crippen MR) is 165 cm³/mol. The largest absolute Gasteiger partial charge is 0.466 e. The maximum absolute atomic E-state index is 11.9. The Morgan fingerprint density at radius 1 is 0.486 bits per heavy atom. The quantitative estimate of drug-likeness (QED) is 0.0668. The van der Waals surface area contributed by atoms with Crippen LogP contribution in [0.25, 0.3) is 0 Å². The van der Waals surface area contributed by atoms with Crippen LogP contribution in [-0.4, -0.2) is 12.6 Å². The maximum Gasteiger partial charge on any atom is 0.305 e. The smallest absolute Gasteiger partial charge is 0.305 e. The van der Waals surface area contributed by atoms with Crippen molar-refractivity contribution in [2.75, 3.05) is 6.61 Å².